The highest BCUT2D eigenvalue weighted by molar-refractivity contribution is 7.59. The first kappa shape index (κ1) is 19.9. The summed E-state index contributed by atoms with van der Waals surface area (Å²) in [5, 5.41) is 13.6. The van der Waals surface area contributed by atoms with Gasteiger partial charge in [0.2, 0.25) is 7.37 Å². The van der Waals surface area contributed by atoms with Crippen molar-refractivity contribution in [2.75, 3.05) is 0 Å². The lowest BCUT2D eigenvalue weighted by Crippen LogP contribution is -2.37. The van der Waals surface area contributed by atoms with E-state index in [2.05, 4.69) is 0 Å². The summed E-state index contributed by atoms with van der Waals surface area (Å²) in [6, 6.07) is 10.6. The molecule has 1 heterocycles. The molecule has 2 rings (SSSR count). The number of hydrogen-bond acceptors (Lipinski definition) is 3. The Hall–Kier alpha value is -1.42. The molecular weight excluding hydrogens is 355 g/mol. The minimum absolute atomic E-state index is 0.557. The zero-order chi connectivity index (χ0) is 18.8. The number of carboxylic acid groups (broad SMARTS) is 1. The van der Waals surface area contributed by atoms with Crippen LogP contribution in [0.15, 0.2) is 47.2 Å². The van der Waals surface area contributed by atoms with Crippen molar-refractivity contribution in [3.8, 4) is 0 Å². The highest BCUT2D eigenvalue weighted by Crippen LogP contribution is 2.66. The van der Waals surface area contributed by atoms with Gasteiger partial charge in [0.1, 0.15) is 0 Å². The van der Waals surface area contributed by atoms with E-state index in [1.54, 1.807) is 37.3 Å². The molecule has 0 spiro atoms. The average Bonchev–Trinajstić information content (AvgIpc) is 3.05. The van der Waals surface area contributed by atoms with Crippen molar-refractivity contribution in [2.24, 2.45) is 5.41 Å². The van der Waals surface area contributed by atoms with E-state index in [9.17, 15) is 19.4 Å². The molecule has 0 radical (unpaired) electrons. The number of hydrogen-bond donors (Lipinski definition) is 2. The molecule has 136 valence electrons. The van der Waals surface area contributed by atoms with Crippen molar-refractivity contribution in [3.63, 3.8) is 0 Å². The summed E-state index contributed by atoms with van der Waals surface area (Å²) >= 11 is 1.47. The molecule has 0 aliphatic heterocycles. The van der Waals surface area contributed by atoms with Crippen LogP contribution in [0.5, 0.6) is 0 Å². The van der Waals surface area contributed by atoms with E-state index >= 15 is 0 Å². The zero-order valence-corrected chi connectivity index (χ0v) is 16.6. The molecule has 1 aromatic carbocycles. The Kier molecular flexibility index (Phi) is 5.93. The molecule has 0 saturated heterocycles. The smallest absolute Gasteiger partial charge is 0.311 e. The Balaban J connectivity index is 2.58. The van der Waals surface area contributed by atoms with Crippen molar-refractivity contribution in [3.05, 3.63) is 58.3 Å². The van der Waals surface area contributed by atoms with Crippen LogP contribution in [0, 0.1) is 5.41 Å². The van der Waals surface area contributed by atoms with Crippen molar-refractivity contribution in [1.29, 1.82) is 0 Å². The molecule has 4 atom stereocenters. The van der Waals surface area contributed by atoms with Gasteiger partial charge in [-0.1, -0.05) is 51.1 Å². The number of rotatable bonds is 6. The largest absolute Gasteiger partial charge is 0.481 e. The van der Waals surface area contributed by atoms with Gasteiger partial charge in [-0.15, -0.1) is 0 Å². The average molecular weight is 380 g/mol. The molecule has 0 aliphatic rings. The topological polar surface area (TPSA) is 74.6 Å². The highest BCUT2D eigenvalue weighted by Gasteiger charge is 2.51. The molecule has 6 heteroatoms. The maximum absolute atomic E-state index is 13.6. The van der Waals surface area contributed by atoms with Crippen LogP contribution in [-0.2, 0) is 9.36 Å². The predicted molar refractivity (Wildman–Crippen MR) is 103 cm³/mol. The third-order valence-corrected chi connectivity index (χ3v) is 8.59. The second-order valence-electron chi connectivity index (χ2n) is 7.44. The monoisotopic (exact) mass is 380 g/mol. The van der Waals surface area contributed by atoms with Crippen LogP contribution in [0.1, 0.15) is 50.4 Å². The Morgan fingerprint density at radius 2 is 1.72 bits per heavy atom. The van der Waals surface area contributed by atoms with Gasteiger partial charge in [0, 0.05) is 0 Å². The third-order valence-electron chi connectivity index (χ3n) is 4.61. The van der Waals surface area contributed by atoms with Crippen LogP contribution in [0.2, 0.25) is 0 Å². The number of aliphatic carboxylic acids is 1. The first-order valence-corrected chi connectivity index (χ1v) is 10.9. The molecule has 1 aromatic heterocycles. The molecule has 0 aliphatic carbocycles. The predicted octanol–water partition coefficient (Wildman–Crippen LogP) is 5.36. The van der Waals surface area contributed by atoms with Gasteiger partial charge in [0.05, 0.1) is 17.2 Å². The summed E-state index contributed by atoms with van der Waals surface area (Å²) in [5.74, 6) is -2.11. The number of benzene rings is 1. The van der Waals surface area contributed by atoms with Gasteiger partial charge in [-0.25, -0.2) is 0 Å². The Labute approximate surface area is 153 Å². The quantitative estimate of drug-likeness (QED) is 0.661. The molecule has 0 amide bonds. The Morgan fingerprint density at radius 3 is 2.16 bits per heavy atom. The lowest BCUT2D eigenvalue weighted by atomic mass is 9.80. The van der Waals surface area contributed by atoms with E-state index < -0.39 is 36.0 Å². The van der Waals surface area contributed by atoms with Crippen LogP contribution in [0.4, 0.5) is 0 Å². The van der Waals surface area contributed by atoms with Gasteiger partial charge < -0.3 is 10.00 Å². The third kappa shape index (κ3) is 4.22. The molecule has 2 aromatic rings. The van der Waals surface area contributed by atoms with Crippen molar-refractivity contribution in [2.45, 2.75) is 44.9 Å². The van der Waals surface area contributed by atoms with Gasteiger partial charge in [-0.2, -0.15) is 11.3 Å². The Bertz CT molecular complexity index is 749. The zero-order valence-electron chi connectivity index (χ0n) is 14.9. The molecule has 4 nitrogen and oxygen atoms in total. The summed E-state index contributed by atoms with van der Waals surface area (Å²) in [5.41, 5.74) is -0.847. The van der Waals surface area contributed by atoms with Crippen LogP contribution in [-0.4, -0.2) is 21.6 Å². The molecule has 2 N–H and O–H groups in total. The van der Waals surface area contributed by atoms with Crippen molar-refractivity contribution in [1.82, 2.24) is 0 Å². The first-order valence-electron chi connectivity index (χ1n) is 8.18. The summed E-state index contributed by atoms with van der Waals surface area (Å²) in [6.45, 7) is 7.21. The lowest BCUT2D eigenvalue weighted by molar-refractivity contribution is -0.139. The van der Waals surface area contributed by atoms with Crippen molar-refractivity contribution >= 4 is 24.7 Å². The highest BCUT2D eigenvalue weighted by atomic mass is 32.1. The van der Waals surface area contributed by atoms with E-state index in [1.807, 2.05) is 37.6 Å². The standard InChI is InChI=1S/C19H25O4PS/c1-13(15-10-11-25-12-15)24(22,23)17(19(2,3)4)16(18(20)21)14-8-6-5-7-9-14/h5-13,16-17H,1-4H3,(H,20,21)(H,22,23). The summed E-state index contributed by atoms with van der Waals surface area (Å²) < 4.78 is 13.6. The number of thiophene rings is 1. The molecular formula is C19H25O4PS. The van der Waals surface area contributed by atoms with Gasteiger partial charge in [0.15, 0.2) is 0 Å². The van der Waals surface area contributed by atoms with Crippen LogP contribution >= 0.6 is 18.7 Å². The summed E-state index contributed by atoms with van der Waals surface area (Å²) in [4.78, 5) is 23.2. The summed E-state index contributed by atoms with van der Waals surface area (Å²) in [7, 11) is -3.85. The van der Waals surface area contributed by atoms with Crippen LogP contribution in [0.3, 0.4) is 0 Å². The maximum Gasteiger partial charge on any atom is 0.311 e. The van der Waals surface area contributed by atoms with Crippen LogP contribution in [0.25, 0.3) is 0 Å². The van der Waals surface area contributed by atoms with Gasteiger partial charge >= 0.3 is 5.97 Å². The number of carboxylic acids is 1. The van der Waals surface area contributed by atoms with E-state index in [4.69, 9.17) is 0 Å². The minimum atomic E-state index is -3.85. The lowest BCUT2D eigenvalue weighted by Gasteiger charge is -2.40. The van der Waals surface area contributed by atoms with Gasteiger partial charge in [0.25, 0.3) is 0 Å². The fourth-order valence-corrected chi connectivity index (χ4v) is 7.12. The van der Waals surface area contributed by atoms with E-state index in [-0.39, 0.29) is 0 Å². The van der Waals surface area contributed by atoms with E-state index in [1.165, 1.54) is 11.3 Å². The molecule has 25 heavy (non-hydrogen) atoms. The fourth-order valence-electron chi connectivity index (χ4n) is 3.36. The van der Waals surface area contributed by atoms with Crippen LogP contribution < -0.4 is 0 Å². The summed E-state index contributed by atoms with van der Waals surface area (Å²) in [6.07, 6.45) is 0. The maximum atomic E-state index is 13.6. The van der Waals surface area contributed by atoms with Gasteiger partial charge in [-0.3, -0.25) is 9.36 Å². The number of carbonyl (C=O) groups is 1. The van der Waals surface area contributed by atoms with E-state index in [0.717, 1.165) is 5.56 Å². The van der Waals surface area contributed by atoms with Gasteiger partial charge in [-0.05, 0) is 40.3 Å². The molecule has 0 bridgehead atoms. The molecule has 4 unspecified atom stereocenters. The fraction of sp³-hybridized carbons (Fsp3) is 0.421. The minimum Gasteiger partial charge on any atom is -0.481 e. The second kappa shape index (κ2) is 7.45. The van der Waals surface area contributed by atoms with E-state index in [0.29, 0.717) is 5.56 Å². The normalized spacial score (nSPS) is 18.1. The molecule has 0 fully saturated rings. The SMILES string of the molecule is CC(c1ccsc1)P(=O)(O)C(C(C(=O)O)c1ccccc1)C(C)(C)C. The van der Waals surface area contributed by atoms with Crippen molar-refractivity contribution < 1.29 is 19.4 Å². The second-order valence-corrected chi connectivity index (χ2v) is 10.9. The first-order chi connectivity index (χ1) is 11.6. The molecule has 0 saturated carbocycles. The Morgan fingerprint density at radius 1 is 1.12 bits per heavy atom.